The van der Waals surface area contributed by atoms with E-state index < -0.39 is 28.8 Å². The fourth-order valence-corrected chi connectivity index (χ4v) is 3.57. The average Bonchev–Trinajstić information content (AvgIpc) is 2.99. The molecule has 0 amide bonds. The Morgan fingerprint density at radius 2 is 2.12 bits per heavy atom. The van der Waals surface area contributed by atoms with Crippen LogP contribution in [0.1, 0.15) is 5.69 Å². The Morgan fingerprint density at radius 3 is 2.81 bits per heavy atom. The molecule has 3 aromatic rings. The zero-order valence-corrected chi connectivity index (χ0v) is 14.8. The van der Waals surface area contributed by atoms with Gasteiger partial charge in [0.05, 0.1) is 13.5 Å². The first-order valence-corrected chi connectivity index (χ1v) is 9.01. The lowest BCUT2D eigenvalue weighted by atomic mass is 10.2. The molecule has 0 spiro atoms. The Labute approximate surface area is 151 Å². The van der Waals surface area contributed by atoms with E-state index in [9.17, 15) is 17.2 Å². The molecule has 0 radical (unpaired) electrons. The van der Waals surface area contributed by atoms with E-state index in [4.69, 9.17) is 16.3 Å². The number of halogens is 3. The Kier molecular flexibility index (Phi) is 4.92. The van der Waals surface area contributed by atoms with Crippen molar-refractivity contribution in [3.05, 3.63) is 35.1 Å². The summed E-state index contributed by atoms with van der Waals surface area (Å²) in [6.45, 7) is 0. The van der Waals surface area contributed by atoms with Crippen LogP contribution in [0, 0.1) is 0 Å². The second kappa shape index (κ2) is 7.00. The molecular weight excluding hydrogens is 392 g/mol. The van der Waals surface area contributed by atoms with E-state index in [0.29, 0.717) is 15.9 Å². The van der Waals surface area contributed by atoms with Crippen LogP contribution < -0.4 is 9.46 Å². The molecule has 26 heavy (non-hydrogen) atoms. The van der Waals surface area contributed by atoms with Crippen LogP contribution >= 0.6 is 11.6 Å². The lowest BCUT2D eigenvalue weighted by Gasteiger charge is -2.09. The number of hydrogen-bond acceptors (Lipinski definition) is 6. The molecule has 2 heterocycles. The molecule has 1 aromatic carbocycles. The monoisotopic (exact) mass is 403 g/mol. The fourth-order valence-electron chi connectivity index (χ4n) is 2.28. The predicted octanol–water partition coefficient (Wildman–Crippen LogP) is 2.62. The lowest BCUT2D eigenvalue weighted by Crippen LogP contribution is -2.17. The molecule has 8 nitrogen and oxygen atoms in total. The van der Waals surface area contributed by atoms with Gasteiger partial charge in [0.2, 0.25) is 12.3 Å². The fraction of sp³-hybridized carbons (Fsp3) is 0.214. The minimum atomic E-state index is -4.06. The van der Waals surface area contributed by atoms with Crippen LogP contribution in [0.15, 0.2) is 29.3 Å². The van der Waals surface area contributed by atoms with E-state index in [1.807, 2.05) is 0 Å². The highest BCUT2D eigenvalue weighted by Crippen LogP contribution is 2.27. The summed E-state index contributed by atoms with van der Waals surface area (Å²) in [6.07, 6.45) is -2.08. The van der Waals surface area contributed by atoms with E-state index in [1.54, 1.807) is 18.2 Å². The van der Waals surface area contributed by atoms with Crippen LogP contribution in [0.3, 0.4) is 0 Å². The Morgan fingerprint density at radius 1 is 1.35 bits per heavy atom. The van der Waals surface area contributed by atoms with Gasteiger partial charge in [-0.15, -0.1) is 10.2 Å². The average molecular weight is 404 g/mol. The number of benzene rings is 1. The highest BCUT2D eigenvalue weighted by Gasteiger charge is 2.22. The Bertz CT molecular complexity index is 1060. The van der Waals surface area contributed by atoms with Crippen molar-refractivity contribution >= 4 is 38.5 Å². The van der Waals surface area contributed by atoms with Crippen LogP contribution in [0.5, 0.6) is 5.88 Å². The van der Waals surface area contributed by atoms with Gasteiger partial charge >= 0.3 is 0 Å². The third-order valence-corrected chi connectivity index (χ3v) is 4.98. The van der Waals surface area contributed by atoms with Crippen LogP contribution in [0.2, 0.25) is 5.02 Å². The number of ether oxygens (including phenoxy) is 1. The van der Waals surface area contributed by atoms with Gasteiger partial charge in [0.15, 0.2) is 0 Å². The molecule has 2 N–H and O–H groups in total. The number of hydrogen-bond donors (Lipinski definition) is 2. The molecule has 0 aliphatic rings. The highest BCUT2D eigenvalue weighted by molar-refractivity contribution is 7.93. The summed E-state index contributed by atoms with van der Waals surface area (Å²) < 4.78 is 57.2. The van der Waals surface area contributed by atoms with E-state index in [2.05, 4.69) is 24.9 Å². The van der Waals surface area contributed by atoms with Gasteiger partial charge in [-0.05, 0) is 18.2 Å². The molecule has 2 aromatic heterocycles. The van der Waals surface area contributed by atoms with Crippen LogP contribution in [-0.2, 0) is 16.4 Å². The highest BCUT2D eigenvalue weighted by atomic mass is 35.5. The number of sulfonamides is 1. The standard InChI is InChI=1S/C14H12ClF2N5O3S/c1-25-13-10(5-12(16)17)20-21-14(19-13)22-26(23,24)11-6-18-9-4-7(15)2-3-8(9)11/h2-4,6,12,18H,5H2,1H3,(H,19,21,22). The zero-order chi connectivity index (χ0) is 18.9. The number of rotatable bonds is 6. The summed E-state index contributed by atoms with van der Waals surface area (Å²) >= 11 is 5.88. The number of aromatic amines is 1. The molecule has 0 saturated heterocycles. The second-order valence-electron chi connectivity index (χ2n) is 5.13. The first kappa shape index (κ1) is 18.3. The summed E-state index contributed by atoms with van der Waals surface area (Å²) in [5, 5.41) is 7.95. The van der Waals surface area contributed by atoms with Gasteiger partial charge < -0.3 is 9.72 Å². The van der Waals surface area contributed by atoms with E-state index >= 15 is 0 Å². The molecule has 0 aliphatic carbocycles. The molecule has 0 saturated carbocycles. The Balaban J connectivity index is 1.94. The Hall–Kier alpha value is -2.53. The van der Waals surface area contributed by atoms with Crippen LogP contribution in [-0.4, -0.2) is 42.1 Å². The van der Waals surface area contributed by atoms with Gasteiger partial charge in [0.1, 0.15) is 10.6 Å². The predicted molar refractivity (Wildman–Crippen MR) is 90.2 cm³/mol. The van der Waals surface area contributed by atoms with E-state index in [0.717, 1.165) is 0 Å². The minimum Gasteiger partial charge on any atom is -0.480 e. The number of nitrogens with one attached hydrogen (secondary N) is 2. The third-order valence-electron chi connectivity index (χ3n) is 3.38. The number of H-pyrrole nitrogens is 1. The number of fused-ring (bicyclic) bond motifs is 1. The lowest BCUT2D eigenvalue weighted by molar-refractivity contribution is 0.146. The number of methoxy groups -OCH3 is 1. The van der Waals surface area contributed by atoms with Gasteiger partial charge in [0.25, 0.3) is 16.0 Å². The maximum absolute atomic E-state index is 12.6. The summed E-state index contributed by atoms with van der Waals surface area (Å²) in [5.74, 6) is -0.633. The molecule has 0 bridgehead atoms. The van der Waals surface area contributed by atoms with E-state index in [1.165, 1.54) is 13.3 Å². The van der Waals surface area contributed by atoms with Gasteiger partial charge in [-0.25, -0.2) is 21.9 Å². The van der Waals surface area contributed by atoms with Gasteiger partial charge in [-0.2, -0.15) is 4.98 Å². The van der Waals surface area contributed by atoms with Crippen molar-refractivity contribution in [1.29, 1.82) is 0 Å². The largest absolute Gasteiger partial charge is 0.480 e. The van der Waals surface area contributed by atoms with E-state index in [-0.39, 0.29) is 16.5 Å². The molecular formula is C14H12ClF2N5O3S. The number of alkyl halides is 2. The van der Waals surface area contributed by atoms with Crippen LogP contribution in [0.25, 0.3) is 10.9 Å². The van der Waals surface area contributed by atoms with Crippen molar-refractivity contribution in [2.75, 3.05) is 11.8 Å². The summed E-state index contributed by atoms with van der Waals surface area (Å²) in [5.41, 5.74) is 0.356. The molecule has 138 valence electrons. The molecule has 3 rings (SSSR count). The molecule has 0 fully saturated rings. The van der Waals surface area contributed by atoms with Crippen molar-refractivity contribution in [2.24, 2.45) is 0 Å². The number of aromatic nitrogens is 4. The molecule has 0 aliphatic heterocycles. The maximum Gasteiger partial charge on any atom is 0.266 e. The van der Waals surface area contributed by atoms with Crippen molar-refractivity contribution in [2.45, 2.75) is 17.7 Å². The topological polar surface area (TPSA) is 110 Å². The van der Waals surface area contributed by atoms with Crippen molar-refractivity contribution < 1.29 is 21.9 Å². The zero-order valence-electron chi connectivity index (χ0n) is 13.2. The number of anilines is 1. The van der Waals surface area contributed by atoms with Crippen molar-refractivity contribution in [3.8, 4) is 5.88 Å². The van der Waals surface area contributed by atoms with Crippen LogP contribution in [0.4, 0.5) is 14.7 Å². The summed E-state index contributed by atoms with van der Waals surface area (Å²) in [7, 11) is -2.85. The normalized spacial score (nSPS) is 11.9. The maximum atomic E-state index is 12.6. The molecule has 0 atom stereocenters. The van der Waals surface area contributed by atoms with Gasteiger partial charge in [-0.1, -0.05) is 11.6 Å². The third kappa shape index (κ3) is 3.68. The first-order valence-electron chi connectivity index (χ1n) is 7.15. The first-order chi connectivity index (χ1) is 12.3. The number of nitrogens with zero attached hydrogens (tertiary/aromatic N) is 3. The second-order valence-corrected chi connectivity index (χ2v) is 7.22. The SMILES string of the molecule is COc1nc(NS(=O)(=O)c2c[nH]c3cc(Cl)ccc23)nnc1CC(F)F. The summed E-state index contributed by atoms with van der Waals surface area (Å²) in [6, 6.07) is 4.68. The summed E-state index contributed by atoms with van der Waals surface area (Å²) in [4.78, 5) is 6.54. The smallest absolute Gasteiger partial charge is 0.266 e. The van der Waals surface area contributed by atoms with Crippen molar-refractivity contribution in [3.63, 3.8) is 0 Å². The molecule has 12 heteroatoms. The molecule has 0 unspecified atom stereocenters. The van der Waals surface area contributed by atoms with Gasteiger partial charge in [-0.3, -0.25) is 0 Å². The quantitative estimate of drug-likeness (QED) is 0.654. The van der Waals surface area contributed by atoms with Gasteiger partial charge in [0, 0.05) is 22.1 Å². The van der Waals surface area contributed by atoms with Crippen molar-refractivity contribution in [1.82, 2.24) is 20.2 Å². The minimum absolute atomic E-state index is 0.0524.